The Morgan fingerprint density at radius 2 is 1.81 bits per heavy atom. The van der Waals surface area contributed by atoms with Gasteiger partial charge in [0.05, 0.1) is 22.2 Å². The summed E-state index contributed by atoms with van der Waals surface area (Å²) < 4.78 is 28.6. The summed E-state index contributed by atoms with van der Waals surface area (Å²) in [5.74, 6) is -0.304. The Morgan fingerprint density at radius 3 is 2.56 bits per heavy atom. The number of amides is 1. The zero-order valence-corrected chi connectivity index (χ0v) is 15.7. The Kier molecular flexibility index (Phi) is 3.31. The number of hydrogen-bond donors (Lipinski definition) is 1. The standard InChI is InChI=1S/C20H20N2O4S/c1-13-6-8-14(9-7-13)27(25,26)22-16-5-3-2-4-15(16)20-12-17(23)19(24)21(20)11-10-18(20)22/h2-9,17-18,23H,10-12H2,1H3/t17-,18+,20+/m0/s1. The van der Waals surface area contributed by atoms with Gasteiger partial charge in [-0.1, -0.05) is 35.9 Å². The molecule has 1 N–H and O–H groups in total. The number of benzene rings is 2. The molecule has 3 atom stereocenters. The highest BCUT2D eigenvalue weighted by molar-refractivity contribution is 7.92. The summed E-state index contributed by atoms with van der Waals surface area (Å²) in [6, 6.07) is 13.8. The van der Waals surface area contributed by atoms with Crippen molar-refractivity contribution in [2.75, 3.05) is 10.8 Å². The van der Waals surface area contributed by atoms with E-state index in [1.54, 1.807) is 35.2 Å². The lowest BCUT2D eigenvalue weighted by molar-refractivity contribution is -0.135. The van der Waals surface area contributed by atoms with Crippen molar-refractivity contribution in [3.8, 4) is 0 Å². The summed E-state index contributed by atoms with van der Waals surface area (Å²) in [5, 5.41) is 10.2. The topological polar surface area (TPSA) is 77.9 Å². The molecule has 2 fully saturated rings. The molecule has 3 aliphatic heterocycles. The smallest absolute Gasteiger partial charge is 0.264 e. The zero-order chi connectivity index (χ0) is 19.0. The van der Waals surface area contributed by atoms with Crippen LogP contribution in [0.5, 0.6) is 0 Å². The number of nitrogens with zero attached hydrogens (tertiary/aromatic N) is 2. The number of aliphatic hydroxyl groups excluding tert-OH is 1. The van der Waals surface area contributed by atoms with Gasteiger partial charge in [0.2, 0.25) is 0 Å². The van der Waals surface area contributed by atoms with Gasteiger partial charge in [-0.15, -0.1) is 0 Å². The number of para-hydroxylation sites is 1. The number of rotatable bonds is 2. The average molecular weight is 384 g/mol. The fraction of sp³-hybridized carbons (Fsp3) is 0.350. The van der Waals surface area contributed by atoms with Crippen LogP contribution in [0.25, 0.3) is 0 Å². The summed E-state index contributed by atoms with van der Waals surface area (Å²) in [4.78, 5) is 14.4. The monoisotopic (exact) mass is 384 g/mol. The molecular formula is C20H20N2O4S. The molecule has 7 heteroatoms. The molecule has 0 unspecified atom stereocenters. The van der Waals surface area contributed by atoms with E-state index in [4.69, 9.17) is 0 Å². The van der Waals surface area contributed by atoms with Crippen molar-refractivity contribution in [3.05, 3.63) is 59.7 Å². The summed E-state index contributed by atoms with van der Waals surface area (Å²) in [6.45, 7) is 2.37. The van der Waals surface area contributed by atoms with E-state index in [1.807, 2.05) is 25.1 Å². The molecule has 2 saturated heterocycles. The van der Waals surface area contributed by atoms with Crippen molar-refractivity contribution in [1.82, 2.24) is 4.90 Å². The first-order chi connectivity index (χ1) is 12.9. The largest absolute Gasteiger partial charge is 0.383 e. The highest BCUT2D eigenvalue weighted by Gasteiger charge is 2.66. The lowest BCUT2D eigenvalue weighted by Gasteiger charge is -2.34. The van der Waals surface area contributed by atoms with Crippen molar-refractivity contribution in [1.29, 1.82) is 0 Å². The van der Waals surface area contributed by atoms with Crippen molar-refractivity contribution < 1.29 is 18.3 Å². The van der Waals surface area contributed by atoms with Gasteiger partial charge in [0, 0.05) is 18.5 Å². The fourth-order valence-corrected chi connectivity index (χ4v) is 6.79. The number of hydrogen-bond acceptors (Lipinski definition) is 4. The molecule has 27 heavy (non-hydrogen) atoms. The van der Waals surface area contributed by atoms with E-state index in [9.17, 15) is 18.3 Å². The Bertz CT molecular complexity index is 1050. The molecule has 3 aliphatic rings. The lowest BCUT2D eigenvalue weighted by Crippen LogP contribution is -2.48. The quantitative estimate of drug-likeness (QED) is 0.856. The van der Waals surface area contributed by atoms with Crippen molar-refractivity contribution in [3.63, 3.8) is 0 Å². The highest BCUT2D eigenvalue weighted by Crippen LogP contribution is 2.58. The maximum atomic E-state index is 13.6. The van der Waals surface area contributed by atoms with Crippen LogP contribution in [0.2, 0.25) is 0 Å². The third kappa shape index (κ3) is 1.98. The molecule has 0 saturated carbocycles. The van der Waals surface area contributed by atoms with Gasteiger partial charge in [-0.2, -0.15) is 0 Å². The van der Waals surface area contributed by atoms with Crippen LogP contribution in [0.4, 0.5) is 5.69 Å². The minimum atomic E-state index is -3.79. The molecule has 1 spiro atoms. The van der Waals surface area contributed by atoms with Crippen molar-refractivity contribution >= 4 is 21.6 Å². The summed E-state index contributed by atoms with van der Waals surface area (Å²) in [6.07, 6.45) is -0.297. The molecule has 0 radical (unpaired) electrons. The first-order valence-electron chi connectivity index (χ1n) is 9.07. The SMILES string of the molecule is Cc1ccc(S(=O)(=O)N2c3ccccc3[C@@]34C[C@H](O)C(=O)N3CC[C@@H]24)cc1. The first-order valence-corrected chi connectivity index (χ1v) is 10.5. The van der Waals surface area contributed by atoms with E-state index < -0.39 is 27.7 Å². The third-order valence-electron chi connectivity index (χ3n) is 6.18. The highest BCUT2D eigenvalue weighted by atomic mass is 32.2. The second-order valence-corrected chi connectivity index (χ2v) is 9.38. The number of carbonyl (C=O) groups is 1. The van der Waals surface area contributed by atoms with E-state index in [1.165, 1.54) is 4.31 Å². The van der Waals surface area contributed by atoms with Crippen LogP contribution in [0.1, 0.15) is 24.0 Å². The van der Waals surface area contributed by atoms with E-state index in [2.05, 4.69) is 0 Å². The third-order valence-corrected chi connectivity index (χ3v) is 8.02. The second kappa shape index (κ2) is 5.33. The minimum absolute atomic E-state index is 0.230. The van der Waals surface area contributed by atoms with Gasteiger partial charge in [0.25, 0.3) is 15.9 Å². The van der Waals surface area contributed by atoms with Gasteiger partial charge in [-0.3, -0.25) is 9.10 Å². The number of fused-ring (bicyclic) bond motifs is 1. The van der Waals surface area contributed by atoms with Gasteiger partial charge in [-0.05, 0) is 31.5 Å². The van der Waals surface area contributed by atoms with E-state index >= 15 is 0 Å². The van der Waals surface area contributed by atoms with Gasteiger partial charge < -0.3 is 10.0 Å². The Labute approximate surface area is 158 Å². The number of anilines is 1. The van der Waals surface area contributed by atoms with Crippen LogP contribution in [-0.4, -0.2) is 43.0 Å². The Balaban J connectivity index is 1.72. The van der Waals surface area contributed by atoms with Crippen molar-refractivity contribution in [2.24, 2.45) is 0 Å². The maximum Gasteiger partial charge on any atom is 0.264 e. The summed E-state index contributed by atoms with van der Waals surface area (Å²) >= 11 is 0. The van der Waals surface area contributed by atoms with Crippen LogP contribution < -0.4 is 4.31 Å². The molecule has 3 heterocycles. The second-order valence-electron chi connectivity index (χ2n) is 7.57. The number of carbonyl (C=O) groups excluding carboxylic acids is 1. The van der Waals surface area contributed by atoms with Gasteiger partial charge >= 0.3 is 0 Å². The molecule has 5 rings (SSSR count). The van der Waals surface area contributed by atoms with Crippen LogP contribution >= 0.6 is 0 Å². The Morgan fingerprint density at radius 1 is 1.11 bits per heavy atom. The fourth-order valence-electron chi connectivity index (χ4n) is 5.05. The maximum absolute atomic E-state index is 13.6. The van der Waals surface area contributed by atoms with Crippen LogP contribution in [0.15, 0.2) is 53.4 Å². The molecule has 6 nitrogen and oxygen atoms in total. The summed E-state index contributed by atoms with van der Waals surface area (Å²) in [5.41, 5.74) is 1.64. The molecular weight excluding hydrogens is 364 g/mol. The predicted molar refractivity (Wildman–Crippen MR) is 99.7 cm³/mol. The van der Waals surface area contributed by atoms with Gasteiger partial charge in [-0.25, -0.2) is 8.42 Å². The lowest BCUT2D eigenvalue weighted by atomic mass is 9.84. The molecule has 1 amide bonds. The minimum Gasteiger partial charge on any atom is -0.383 e. The molecule has 0 aliphatic carbocycles. The molecule has 140 valence electrons. The molecule has 0 bridgehead atoms. The van der Waals surface area contributed by atoms with E-state index in [-0.39, 0.29) is 17.2 Å². The van der Waals surface area contributed by atoms with Gasteiger partial charge in [0.15, 0.2) is 0 Å². The molecule has 2 aromatic rings. The van der Waals surface area contributed by atoms with Crippen LogP contribution in [-0.2, 0) is 20.4 Å². The average Bonchev–Trinajstić information content (AvgIpc) is 3.21. The Hall–Kier alpha value is -2.38. The van der Waals surface area contributed by atoms with Crippen LogP contribution in [0, 0.1) is 6.92 Å². The number of aryl methyl sites for hydroxylation is 1. The normalized spacial score (nSPS) is 29.0. The first kappa shape index (κ1) is 16.8. The summed E-state index contributed by atoms with van der Waals surface area (Å²) in [7, 11) is -3.79. The van der Waals surface area contributed by atoms with Gasteiger partial charge in [0.1, 0.15) is 6.10 Å². The zero-order valence-electron chi connectivity index (χ0n) is 14.9. The van der Waals surface area contributed by atoms with Crippen LogP contribution in [0.3, 0.4) is 0 Å². The number of aliphatic hydroxyl groups is 1. The van der Waals surface area contributed by atoms with Crippen molar-refractivity contribution in [2.45, 2.75) is 42.3 Å². The van der Waals surface area contributed by atoms with E-state index in [0.717, 1.165) is 11.1 Å². The van der Waals surface area contributed by atoms with E-state index in [0.29, 0.717) is 18.7 Å². The molecule has 0 aromatic heterocycles. The number of sulfonamides is 1. The predicted octanol–water partition coefficient (Wildman–Crippen LogP) is 1.76. The molecule has 2 aromatic carbocycles.